The zero-order chi connectivity index (χ0) is 31.2. The number of fused-ring (bicyclic) bond motifs is 5. The lowest BCUT2D eigenvalue weighted by atomic mass is 9.93. The van der Waals surface area contributed by atoms with Crippen LogP contribution in [-0.4, -0.2) is 0 Å². The highest BCUT2D eigenvalue weighted by atomic mass is 15.1. The van der Waals surface area contributed by atoms with E-state index in [4.69, 9.17) is 0 Å². The molecule has 47 heavy (non-hydrogen) atoms. The molecule has 224 valence electrons. The Hall–Kier alpha value is -5.66. The van der Waals surface area contributed by atoms with Gasteiger partial charge in [0.25, 0.3) is 0 Å². The first-order valence-electron chi connectivity index (χ1n) is 16.8. The molecule has 0 N–H and O–H groups in total. The molecule has 0 fully saturated rings. The zero-order valence-corrected chi connectivity index (χ0v) is 26.4. The third-order valence-electron chi connectivity index (χ3n) is 9.95. The molecule has 0 amide bonds. The molecule has 1 nitrogen and oxygen atoms in total. The quantitative estimate of drug-likeness (QED) is 0.177. The summed E-state index contributed by atoms with van der Waals surface area (Å²) in [5.41, 5.74) is 14.0. The smallest absolute Gasteiger partial charge is 0.0546 e. The molecule has 0 bridgehead atoms. The maximum absolute atomic E-state index is 2.42. The Kier molecular flexibility index (Phi) is 6.82. The van der Waals surface area contributed by atoms with Gasteiger partial charge in [-0.1, -0.05) is 121 Å². The SMILES string of the molecule is C1=Cc2cc(-c3ccc(N(c4ccc(-c5ccc6c(c5)C=CCC6)cc4)c4cc5ccccc5c5ccccc45)cc3)ccc2CC1. The summed E-state index contributed by atoms with van der Waals surface area (Å²) in [4.78, 5) is 2.42. The van der Waals surface area contributed by atoms with Crippen molar-refractivity contribution in [1.82, 2.24) is 0 Å². The maximum atomic E-state index is 2.42. The minimum atomic E-state index is 1.13. The fourth-order valence-electron chi connectivity index (χ4n) is 7.47. The molecule has 7 aromatic rings. The molecule has 0 saturated carbocycles. The Morgan fingerprint density at radius 1 is 0.404 bits per heavy atom. The van der Waals surface area contributed by atoms with Gasteiger partial charge in [0.2, 0.25) is 0 Å². The largest absolute Gasteiger partial charge is 0.310 e. The molecule has 0 heterocycles. The number of hydrogen-bond acceptors (Lipinski definition) is 1. The standard InChI is InChI=1S/C46H35N/c1-3-11-36-29-38(19-17-32(36)9-1)34-21-25-41(26-22-34)47(46-31-40-13-5-6-14-43(40)44-15-7-8-16-45(44)46)42-27-23-35(24-28-42)39-20-18-33-10-2-4-12-37(33)30-39/h3-8,11-31H,1-2,9-10H2. The molecule has 0 atom stereocenters. The van der Waals surface area contributed by atoms with Crippen molar-refractivity contribution >= 4 is 50.8 Å². The normalized spacial score (nSPS) is 13.4. The van der Waals surface area contributed by atoms with Crippen molar-refractivity contribution in [3.8, 4) is 22.3 Å². The van der Waals surface area contributed by atoms with E-state index in [1.165, 1.54) is 71.7 Å². The first-order valence-corrected chi connectivity index (χ1v) is 16.8. The first kappa shape index (κ1) is 27.6. The van der Waals surface area contributed by atoms with E-state index in [0.717, 1.165) is 37.1 Å². The van der Waals surface area contributed by atoms with Gasteiger partial charge in [0.15, 0.2) is 0 Å². The van der Waals surface area contributed by atoms with Crippen molar-refractivity contribution in [2.45, 2.75) is 25.7 Å². The average molecular weight is 602 g/mol. The number of rotatable bonds is 5. The fourth-order valence-corrected chi connectivity index (χ4v) is 7.47. The lowest BCUT2D eigenvalue weighted by Gasteiger charge is -2.28. The van der Waals surface area contributed by atoms with E-state index in [2.05, 4.69) is 169 Å². The maximum Gasteiger partial charge on any atom is 0.0546 e. The third-order valence-corrected chi connectivity index (χ3v) is 9.95. The minimum absolute atomic E-state index is 1.13. The molecule has 0 aliphatic heterocycles. The second kappa shape index (κ2) is 11.6. The van der Waals surface area contributed by atoms with Gasteiger partial charge in [0.05, 0.1) is 5.69 Å². The fraction of sp³-hybridized carbons (Fsp3) is 0.0870. The van der Waals surface area contributed by atoms with Crippen LogP contribution < -0.4 is 4.90 Å². The number of hydrogen-bond donors (Lipinski definition) is 0. The highest BCUT2D eigenvalue weighted by molar-refractivity contribution is 6.14. The van der Waals surface area contributed by atoms with Gasteiger partial charge in [0.1, 0.15) is 0 Å². The van der Waals surface area contributed by atoms with E-state index >= 15 is 0 Å². The Balaban J connectivity index is 1.17. The Labute approximate surface area is 276 Å². The molecule has 2 aliphatic carbocycles. The molecule has 0 unspecified atom stereocenters. The lowest BCUT2D eigenvalue weighted by Crippen LogP contribution is -2.10. The summed E-state index contributed by atoms with van der Waals surface area (Å²) in [6.45, 7) is 0. The van der Waals surface area contributed by atoms with Crippen molar-refractivity contribution in [3.63, 3.8) is 0 Å². The summed E-state index contributed by atoms with van der Waals surface area (Å²) in [7, 11) is 0. The molecule has 0 radical (unpaired) electrons. The highest BCUT2D eigenvalue weighted by Gasteiger charge is 2.18. The molecule has 7 aromatic carbocycles. The predicted octanol–water partition coefficient (Wildman–Crippen LogP) is 12.7. The number of benzene rings is 7. The van der Waals surface area contributed by atoms with Gasteiger partial charge in [0, 0.05) is 16.8 Å². The monoisotopic (exact) mass is 601 g/mol. The molecule has 2 aliphatic rings. The van der Waals surface area contributed by atoms with Crippen LogP contribution in [0.1, 0.15) is 35.1 Å². The van der Waals surface area contributed by atoms with Crippen LogP contribution >= 0.6 is 0 Å². The number of aryl methyl sites for hydroxylation is 2. The first-order chi connectivity index (χ1) is 23.3. The third kappa shape index (κ3) is 5.05. The van der Waals surface area contributed by atoms with E-state index in [9.17, 15) is 0 Å². The van der Waals surface area contributed by atoms with E-state index < -0.39 is 0 Å². The summed E-state index contributed by atoms with van der Waals surface area (Å²) in [6, 6.07) is 51.9. The second-order valence-corrected chi connectivity index (χ2v) is 12.8. The van der Waals surface area contributed by atoms with Crippen LogP contribution in [0.2, 0.25) is 0 Å². The summed E-state index contributed by atoms with van der Waals surface area (Å²) in [5.74, 6) is 0. The van der Waals surface area contributed by atoms with Gasteiger partial charge in [-0.15, -0.1) is 0 Å². The van der Waals surface area contributed by atoms with Gasteiger partial charge >= 0.3 is 0 Å². The summed E-state index contributed by atoms with van der Waals surface area (Å²) in [5, 5.41) is 5.02. The van der Waals surface area contributed by atoms with E-state index in [1.54, 1.807) is 0 Å². The van der Waals surface area contributed by atoms with Crippen LogP contribution in [0, 0.1) is 0 Å². The van der Waals surface area contributed by atoms with Crippen LogP contribution in [-0.2, 0) is 12.8 Å². The van der Waals surface area contributed by atoms with E-state index in [1.807, 2.05) is 0 Å². The van der Waals surface area contributed by atoms with Gasteiger partial charge in [-0.25, -0.2) is 0 Å². The molecule has 0 spiro atoms. The zero-order valence-electron chi connectivity index (χ0n) is 26.4. The summed E-state index contributed by atoms with van der Waals surface area (Å²) < 4.78 is 0. The topological polar surface area (TPSA) is 3.24 Å². The number of allylic oxidation sites excluding steroid dienone is 2. The molecule has 9 rings (SSSR count). The van der Waals surface area contributed by atoms with E-state index in [0.29, 0.717) is 0 Å². The molecule has 0 aromatic heterocycles. The van der Waals surface area contributed by atoms with Crippen molar-refractivity contribution in [2.75, 3.05) is 4.90 Å². The lowest BCUT2D eigenvalue weighted by molar-refractivity contribution is 0.986. The van der Waals surface area contributed by atoms with Gasteiger partial charge in [-0.2, -0.15) is 0 Å². The van der Waals surface area contributed by atoms with Gasteiger partial charge in [-0.3, -0.25) is 0 Å². The molecular weight excluding hydrogens is 567 g/mol. The Bertz CT molecular complexity index is 2230. The molecule has 0 saturated heterocycles. The van der Waals surface area contributed by atoms with Crippen LogP contribution in [0.15, 0.2) is 152 Å². The molecular formula is C46H35N. The van der Waals surface area contributed by atoms with E-state index in [-0.39, 0.29) is 0 Å². The summed E-state index contributed by atoms with van der Waals surface area (Å²) in [6.07, 6.45) is 13.6. The molecule has 1 heteroatoms. The van der Waals surface area contributed by atoms with Crippen molar-refractivity contribution in [2.24, 2.45) is 0 Å². The predicted molar refractivity (Wildman–Crippen MR) is 202 cm³/mol. The van der Waals surface area contributed by atoms with Gasteiger partial charge < -0.3 is 4.90 Å². The summed E-state index contributed by atoms with van der Waals surface area (Å²) >= 11 is 0. The Morgan fingerprint density at radius 2 is 0.894 bits per heavy atom. The average Bonchev–Trinajstić information content (AvgIpc) is 3.15. The van der Waals surface area contributed by atoms with Crippen molar-refractivity contribution in [1.29, 1.82) is 0 Å². The van der Waals surface area contributed by atoms with Crippen LogP contribution in [0.4, 0.5) is 17.1 Å². The highest BCUT2D eigenvalue weighted by Crippen LogP contribution is 2.43. The minimum Gasteiger partial charge on any atom is -0.310 e. The number of nitrogens with zero attached hydrogens (tertiary/aromatic N) is 1. The van der Waals surface area contributed by atoms with Crippen LogP contribution in [0.5, 0.6) is 0 Å². The van der Waals surface area contributed by atoms with Crippen LogP contribution in [0.25, 0.3) is 56.0 Å². The van der Waals surface area contributed by atoms with Crippen molar-refractivity contribution in [3.05, 3.63) is 174 Å². The van der Waals surface area contributed by atoms with Gasteiger partial charge in [-0.05, 0) is 129 Å². The Morgan fingerprint density at radius 3 is 1.47 bits per heavy atom. The van der Waals surface area contributed by atoms with Crippen molar-refractivity contribution < 1.29 is 0 Å². The van der Waals surface area contributed by atoms with Crippen LogP contribution in [0.3, 0.4) is 0 Å². The second-order valence-electron chi connectivity index (χ2n) is 12.8. The number of anilines is 3.